The minimum Gasteiger partial charge on any atom is -0.469 e. The average Bonchev–Trinajstić information content (AvgIpc) is 2.61. The molecule has 90 valence electrons. The predicted octanol–water partition coefficient (Wildman–Crippen LogP) is 2.51. The second kappa shape index (κ2) is 4.24. The Balaban J connectivity index is 2.60. The lowest BCUT2D eigenvalue weighted by atomic mass is 10.0. The lowest BCUT2D eigenvalue weighted by molar-refractivity contribution is -0.139. The highest BCUT2D eigenvalue weighted by atomic mass is 16.5. The number of hydrogen-bond donors (Lipinski definition) is 0. The maximum Gasteiger partial charge on any atom is 0.310 e. The molecule has 0 spiro atoms. The number of esters is 1. The van der Waals surface area contributed by atoms with Crippen LogP contribution in [-0.4, -0.2) is 17.6 Å². The Kier molecular flexibility index (Phi) is 2.92. The van der Waals surface area contributed by atoms with Gasteiger partial charge in [0.25, 0.3) is 0 Å². The first-order chi connectivity index (χ1) is 8.04. The lowest BCUT2D eigenvalue weighted by Crippen LogP contribution is -2.03. The van der Waals surface area contributed by atoms with Crippen molar-refractivity contribution in [3.8, 4) is 0 Å². The number of fused-ring (bicyclic) bond motifs is 1. The SMILES string of the molecule is COC(=O)Cc1cn(C)c2c(C)c(C)ccc12. The second-order valence-corrected chi connectivity index (χ2v) is 4.42. The van der Waals surface area contributed by atoms with Crippen LogP contribution in [-0.2, 0) is 23.0 Å². The number of carbonyl (C=O) groups is 1. The maximum atomic E-state index is 11.4. The summed E-state index contributed by atoms with van der Waals surface area (Å²) in [5.74, 6) is -0.198. The summed E-state index contributed by atoms with van der Waals surface area (Å²) < 4.78 is 6.80. The Morgan fingerprint density at radius 1 is 1.35 bits per heavy atom. The molecule has 0 bridgehead atoms. The fourth-order valence-electron chi connectivity index (χ4n) is 2.25. The van der Waals surface area contributed by atoms with Crippen LogP contribution in [0.25, 0.3) is 10.9 Å². The van der Waals surface area contributed by atoms with Gasteiger partial charge in [-0.15, -0.1) is 0 Å². The molecule has 1 heterocycles. The summed E-state index contributed by atoms with van der Waals surface area (Å²) in [7, 11) is 3.43. The van der Waals surface area contributed by atoms with E-state index >= 15 is 0 Å². The number of ether oxygens (including phenoxy) is 1. The topological polar surface area (TPSA) is 31.2 Å². The summed E-state index contributed by atoms with van der Waals surface area (Å²) in [6.07, 6.45) is 2.34. The molecule has 0 radical (unpaired) electrons. The Morgan fingerprint density at radius 2 is 2.06 bits per heavy atom. The van der Waals surface area contributed by atoms with Crippen LogP contribution in [0, 0.1) is 13.8 Å². The molecule has 0 unspecified atom stereocenters. The van der Waals surface area contributed by atoms with E-state index in [0.29, 0.717) is 6.42 Å². The van der Waals surface area contributed by atoms with Crippen molar-refractivity contribution < 1.29 is 9.53 Å². The second-order valence-electron chi connectivity index (χ2n) is 4.42. The van der Waals surface area contributed by atoms with Crippen molar-refractivity contribution in [1.29, 1.82) is 0 Å². The zero-order valence-corrected chi connectivity index (χ0v) is 10.7. The van der Waals surface area contributed by atoms with Gasteiger partial charge in [0.1, 0.15) is 0 Å². The zero-order chi connectivity index (χ0) is 12.6. The van der Waals surface area contributed by atoms with Crippen LogP contribution in [0.15, 0.2) is 18.3 Å². The first kappa shape index (κ1) is 11.7. The van der Waals surface area contributed by atoms with Gasteiger partial charge in [-0.25, -0.2) is 0 Å². The minimum atomic E-state index is -0.198. The molecular weight excluding hydrogens is 214 g/mol. The fraction of sp³-hybridized carbons (Fsp3) is 0.357. The van der Waals surface area contributed by atoms with Gasteiger partial charge in [0, 0.05) is 18.6 Å². The van der Waals surface area contributed by atoms with Crippen LogP contribution >= 0.6 is 0 Å². The van der Waals surface area contributed by atoms with E-state index in [1.165, 1.54) is 23.8 Å². The van der Waals surface area contributed by atoms with Crippen LogP contribution in [0.1, 0.15) is 16.7 Å². The third kappa shape index (κ3) is 1.93. The van der Waals surface area contributed by atoms with Crippen molar-refractivity contribution in [2.45, 2.75) is 20.3 Å². The molecule has 1 aromatic heterocycles. The van der Waals surface area contributed by atoms with E-state index in [2.05, 4.69) is 30.5 Å². The first-order valence-electron chi connectivity index (χ1n) is 5.65. The van der Waals surface area contributed by atoms with Gasteiger partial charge >= 0.3 is 5.97 Å². The molecule has 0 aliphatic carbocycles. The molecule has 2 rings (SSSR count). The monoisotopic (exact) mass is 231 g/mol. The van der Waals surface area contributed by atoms with Gasteiger partial charge in [0.15, 0.2) is 0 Å². The standard InChI is InChI=1S/C14H17NO2/c1-9-5-6-12-11(7-13(16)17-4)8-15(3)14(12)10(9)2/h5-6,8H,7H2,1-4H3. The molecule has 1 aromatic carbocycles. The molecule has 0 atom stereocenters. The fourth-order valence-corrected chi connectivity index (χ4v) is 2.25. The Bertz CT molecular complexity index is 581. The summed E-state index contributed by atoms with van der Waals surface area (Å²) in [5, 5.41) is 1.14. The quantitative estimate of drug-likeness (QED) is 0.744. The van der Waals surface area contributed by atoms with Crippen LogP contribution in [0.3, 0.4) is 0 Å². The van der Waals surface area contributed by atoms with E-state index in [-0.39, 0.29) is 5.97 Å². The van der Waals surface area contributed by atoms with Crippen molar-refractivity contribution in [2.24, 2.45) is 7.05 Å². The van der Waals surface area contributed by atoms with Gasteiger partial charge in [-0.05, 0) is 30.5 Å². The normalized spacial score (nSPS) is 10.8. The number of aryl methyl sites for hydroxylation is 3. The first-order valence-corrected chi connectivity index (χ1v) is 5.65. The summed E-state index contributed by atoms with van der Waals surface area (Å²) in [6.45, 7) is 4.21. The number of methoxy groups -OCH3 is 1. The van der Waals surface area contributed by atoms with Crippen LogP contribution < -0.4 is 0 Å². The summed E-state index contributed by atoms with van der Waals surface area (Å²) in [5.41, 5.74) is 4.76. The third-order valence-corrected chi connectivity index (χ3v) is 3.31. The van der Waals surface area contributed by atoms with E-state index in [1.54, 1.807) is 0 Å². The third-order valence-electron chi connectivity index (χ3n) is 3.31. The molecule has 0 saturated heterocycles. The molecule has 0 saturated carbocycles. The minimum absolute atomic E-state index is 0.198. The van der Waals surface area contributed by atoms with Crippen LogP contribution in [0.2, 0.25) is 0 Å². The number of rotatable bonds is 2. The van der Waals surface area contributed by atoms with Crippen LogP contribution in [0.4, 0.5) is 0 Å². The van der Waals surface area contributed by atoms with Gasteiger partial charge in [-0.3, -0.25) is 4.79 Å². The Morgan fingerprint density at radius 3 is 2.71 bits per heavy atom. The number of hydrogen-bond acceptors (Lipinski definition) is 2. The zero-order valence-electron chi connectivity index (χ0n) is 10.7. The van der Waals surface area contributed by atoms with Crippen molar-refractivity contribution in [1.82, 2.24) is 4.57 Å². The molecule has 0 N–H and O–H groups in total. The number of carbonyl (C=O) groups excluding carboxylic acids is 1. The molecule has 0 aliphatic rings. The van der Waals surface area contributed by atoms with E-state index in [4.69, 9.17) is 4.74 Å². The summed E-state index contributed by atoms with van der Waals surface area (Å²) in [4.78, 5) is 11.4. The van der Waals surface area contributed by atoms with Gasteiger partial charge in [0.2, 0.25) is 0 Å². The Labute approximate surface area is 101 Å². The maximum absolute atomic E-state index is 11.4. The Hall–Kier alpha value is -1.77. The van der Waals surface area contributed by atoms with Gasteiger partial charge in [-0.2, -0.15) is 0 Å². The van der Waals surface area contributed by atoms with Gasteiger partial charge in [0.05, 0.1) is 19.0 Å². The van der Waals surface area contributed by atoms with Gasteiger partial charge < -0.3 is 9.30 Å². The van der Waals surface area contributed by atoms with Crippen molar-refractivity contribution >= 4 is 16.9 Å². The van der Waals surface area contributed by atoms with Crippen molar-refractivity contribution in [3.05, 3.63) is 35.0 Å². The number of benzene rings is 1. The molecule has 3 heteroatoms. The molecule has 0 fully saturated rings. The molecule has 17 heavy (non-hydrogen) atoms. The highest BCUT2D eigenvalue weighted by molar-refractivity contribution is 5.90. The summed E-state index contributed by atoms with van der Waals surface area (Å²) >= 11 is 0. The number of nitrogens with zero attached hydrogens (tertiary/aromatic N) is 1. The van der Waals surface area contributed by atoms with Crippen LogP contribution in [0.5, 0.6) is 0 Å². The summed E-state index contributed by atoms with van der Waals surface area (Å²) in [6, 6.07) is 4.17. The van der Waals surface area contributed by atoms with E-state index in [9.17, 15) is 4.79 Å². The molecule has 0 amide bonds. The highest BCUT2D eigenvalue weighted by Gasteiger charge is 2.12. The van der Waals surface area contributed by atoms with Gasteiger partial charge in [-0.1, -0.05) is 12.1 Å². The molecule has 3 nitrogen and oxygen atoms in total. The van der Waals surface area contributed by atoms with E-state index < -0.39 is 0 Å². The molecule has 2 aromatic rings. The predicted molar refractivity (Wildman–Crippen MR) is 68.1 cm³/mol. The molecular formula is C14H17NO2. The van der Waals surface area contributed by atoms with E-state index in [1.807, 2.05) is 13.2 Å². The van der Waals surface area contributed by atoms with E-state index in [0.717, 1.165) is 10.9 Å². The number of aromatic nitrogens is 1. The largest absolute Gasteiger partial charge is 0.469 e. The highest BCUT2D eigenvalue weighted by Crippen LogP contribution is 2.26. The average molecular weight is 231 g/mol. The smallest absolute Gasteiger partial charge is 0.310 e. The molecule has 0 aliphatic heterocycles. The van der Waals surface area contributed by atoms with Crippen molar-refractivity contribution in [2.75, 3.05) is 7.11 Å². The lowest BCUT2D eigenvalue weighted by Gasteiger charge is -2.04. The van der Waals surface area contributed by atoms with Crippen molar-refractivity contribution in [3.63, 3.8) is 0 Å².